The zero-order chi connectivity index (χ0) is 15.9. The molecule has 1 aromatic rings. The molecular formula is C17H22N2O3. The van der Waals surface area contributed by atoms with Crippen molar-refractivity contribution in [3.05, 3.63) is 29.8 Å². The maximum atomic E-state index is 12.1. The van der Waals surface area contributed by atoms with Gasteiger partial charge in [-0.2, -0.15) is 0 Å². The summed E-state index contributed by atoms with van der Waals surface area (Å²) in [6, 6.07) is 7.85. The summed E-state index contributed by atoms with van der Waals surface area (Å²) in [5.41, 5.74) is 1.95. The number of rotatable bonds is 6. The van der Waals surface area contributed by atoms with Gasteiger partial charge in [-0.3, -0.25) is 9.59 Å². The number of Topliss-reactive ketones (excluding diaryl/α,β-unsaturated/α-hetero) is 1. The third kappa shape index (κ3) is 3.93. The van der Waals surface area contributed by atoms with E-state index >= 15 is 0 Å². The molecule has 2 rings (SSSR count). The fourth-order valence-corrected chi connectivity index (χ4v) is 2.81. The van der Waals surface area contributed by atoms with Gasteiger partial charge in [0.05, 0.1) is 5.92 Å². The molecule has 1 saturated heterocycles. The van der Waals surface area contributed by atoms with Gasteiger partial charge in [0.2, 0.25) is 5.91 Å². The third-order valence-corrected chi connectivity index (χ3v) is 4.09. The van der Waals surface area contributed by atoms with Crippen molar-refractivity contribution in [1.82, 2.24) is 5.32 Å². The molecule has 0 bridgehead atoms. The van der Waals surface area contributed by atoms with Gasteiger partial charge in [0.1, 0.15) is 12.1 Å². The summed E-state index contributed by atoms with van der Waals surface area (Å²) < 4.78 is 0. The second-order valence-corrected chi connectivity index (χ2v) is 5.53. The Kier molecular flexibility index (Phi) is 5.69. The lowest BCUT2D eigenvalue weighted by Crippen LogP contribution is -2.33. The Balaban J connectivity index is 2.19. The van der Waals surface area contributed by atoms with Crippen molar-refractivity contribution < 1.29 is 14.4 Å². The summed E-state index contributed by atoms with van der Waals surface area (Å²) in [6.07, 6.45) is 2.87. The van der Waals surface area contributed by atoms with Crippen molar-refractivity contribution in [1.29, 1.82) is 0 Å². The summed E-state index contributed by atoms with van der Waals surface area (Å²) in [5, 5.41) is 2.66. The Morgan fingerprint density at radius 3 is 2.73 bits per heavy atom. The first kappa shape index (κ1) is 16.2. The van der Waals surface area contributed by atoms with Gasteiger partial charge in [0, 0.05) is 45.1 Å². The van der Waals surface area contributed by atoms with Gasteiger partial charge in [-0.15, -0.1) is 0 Å². The van der Waals surface area contributed by atoms with Crippen LogP contribution in [0.15, 0.2) is 24.3 Å². The van der Waals surface area contributed by atoms with Crippen LogP contribution in [0.5, 0.6) is 0 Å². The van der Waals surface area contributed by atoms with Crippen LogP contribution < -0.4 is 10.2 Å². The topological polar surface area (TPSA) is 66.5 Å². The lowest BCUT2D eigenvalue weighted by Gasteiger charge is -2.29. The molecule has 1 heterocycles. The predicted octanol–water partition coefficient (Wildman–Crippen LogP) is 1.66. The zero-order valence-electron chi connectivity index (χ0n) is 12.9. The standard InChI is InChI=1S/C17H22N2O3/c1-18-17(22)16(6-3-11-20)13-4-2-5-14(12-13)19-9-7-15(21)8-10-19/h2,4-5,11-12,16H,3,6-10H2,1H3,(H,18,22). The molecule has 0 aliphatic carbocycles. The van der Waals surface area contributed by atoms with Gasteiger partial charge in [0.25, 0.3) is 0 Å². The average molecular weight is 302 g/mol. The maximum absolute atomic E-state index is 12.1. The largest absolute Gasteiger partial charge is 0.371 e. The molecule has 1 atom stereocenters. The summed E-state index contributed by atoms with van der Waals surface area (Å²) in [6.45, 7) is 1.45. The highest BCUT2D eigenvalue weighted by Gasteiger charge is 2.21. The highest BCUT2D eigenvalue weighted by Crippen LogP contribution is 2.27. The minimum atomic E-state index is -0.318. The van der Waals surface area contributed by atoms with Gasteiger partial charge in [-0.25, -0.2) is 0 Å². The van der Waals surface area contributed by atoms with E-state index in [1.807, 2.05) is 24.3 Å². The predicted molar refractivity (Wildman–Crippen MR) is 85.0 cm³/mol. The Bertz CT molecular complexity index is 547. The van der Waals surface area contributed by atoms with Crippen LogP contribution in [0.4, 0.5) is 5.69 Å². The number of hydrogen-bond acceptors (Lipinski definition) is 4. The van der Waals surface area contributed by atoms with E-state index in [0.717, 1.165) is 30.6 Å². The first-order valence-corrected chi connectivity index (χ1v) is 7.67. The van der Waals surface area contributed by atoms with Crippen molar-refractivity contribution >= 4 is 23.7 Å². The van der Waals surface area contributed by atoms with Crippen LogP contribution >= 0.6 is 0 Å². The SMILES string of the molecule is CNC(=O)C(CCC=O)c1cccc(N2CCC(=O)CC2)c1. The molecule has 0 aromatic heterocycles. The number of anilines is 1. The van der Waals surface area contributed by atoms with Crippen LogP contribution in [0, 0.1) is 0 Å². The molecule has 5 heteroatoms. The van der Waals surface area contributed by atoms with E-state index in [1.165, 1.54) is 0 Å². The van der Waals surface area contributed by atoms with Gasteiger partial charge >= 0.3 is 0 Å². The molecule has 1 N–H and O–H groups in total. The Labute approximate surface area is 130 Å². The van der Waals surface area contributed by atoms with E-state index in [0.29, 0.717) is 31.5 Å². The van der Waals surface area contributed by atoms with Crippen LogP contribution in [0.2, 0.25) is 0 Å². The molecule has 1 aromatic carbocycles. The van der Waals surface area contributed by atoms with E-state index < -0.39 is 0 Å². The molecule has 0 spiro atoms. The van der Waals surface area contributed by atoms with Gasteiger partial charge < -0.3 is 15.0 Å². The molecule has 0 saturated carbocycles. The molecular weight excluding hydrogens is 280 g/mol. The maximum Gasteiger partial charge on any atom is 0.227 e. The van der Waals surface area contributed by atoms with Gasteiger partial charge in [0.15, 0.2) is 0 Å². The molecule has 1 aliphatic heterocycles. The number of ketones is 1. The Hall–Kier alpha value is -2.17. The first-order valence-electron chi connectivity index (χ1n) is 7.67. The number of carbonyl (C=O) groups is 3. The minimum absolute atomic E-state index is 0.0761. The van der Waals surface area contributed by atoms with Crippen molar-refractivity contribution in [3.8, 4) is 0 Å². The van der Waals surface area contributed by atoms with E-state index in [1.54, 1.807) is 7.05 Å². The number of aldehydes is 1. The van der Waals surface area contributed by atoms with Crippen molar-refractivity contribution in [3.63, 3.8) is 0 Å². The fraction of sp³-hybridized carbons (Fsp3) is 0.471. The summed E-state index contributed by atoms with van der Waals surface area (Å²) in [4.78, 5) is 36.2. The summed E-state index contributed by atoms with van der Waals surface area (Å²) in [5.74, 6) is -0.0870. The van der Waals surface area contributed by atoms with Gasteiger partial charge in [-0.05, 0) is 24.1 Å². The fourth-order valence-electron chi connectivity index (χ4n) is 2.81. The van der Waals surface area contributed by atoms with Crippen molar-refractivity contribution in [2.75, 3.05) is 25.0 Å². The molecule has 118 valence electrons. The van der Waals surface area contributed by atoms with Crippen LogP contribution in [-0.2, 0) is 14.4 Å². The highest BCUT2D eigenvalue weighted by molar-refractivity contribution is 5.84. The second-order valence-electron chi connectivity index (χ2n) is 5.53. The molecule has 0 radical (unpaired) electrons. The lowest BCUT2D eigenvalue weighted by atomic mass is 9.93. The summed E-state index contributed by atoms with van der Waals surface area (Å²) >= 11 is 0. The molecule has 1 unspecified atom stereocenters. The van der Waals surface area contributed by atoms with Crippen LogP contribution in [0.25, 0.3) is 0 Å². The summed E-state index contributed by atoms with van der Waals surface area (Å²) in [7, 11) is 1.61. The number of nitrogens with one attached hydrogen (secondary N) is 1. The monoisotopic (exact) mass is 302 g/mol. The minimum Gasteiger partial charge on any atom is -0.371 e. The van der Waals surface area contributed by atoms with E-state index in [4.69, 9.17) is 0 Å². The van der Waals surface area contributed by atoms with E-state index in [2.05, 4.69) is 10.2 Å². The molecule has 1 aliphatic rings. The van der Waals surface area contributed by atoms with Crippen LogP contribution in [0.3, 0.4) is 0 Å². The number of hydrogen-bond donors (Lipinski definition) is 1. The molecule has 1 fully saturated rings. The van der Waals surface area contributed by atoms with Crippen LogP contribution in [0.1, 0.15) is 37.2 Å². The molecule has 22 heavy (non-hydrogen) atoms. The first-order chi connectivity index (χ1) is 10.7. The van der Waals surface area contributed by atoms with Gasteiger partial charge in [-0.1, -0.05) is 12.1 Å². The number of amides is 1. The Morgan fingerprint density at radius 1 is 1.36 bits per heavy atom. The average Bonchev–Trinajstić information content (AvgIpc) is 2.56. The van der Waals surface area contributed by atoms with Crippen LogP contribution in [-0.4, -0.2) is 38.1 Å². The Morgan fingerprint density at radius 2 is 2.09 bits per heavy atom. The lowest BCUT2D eigenvalue weighted by molar-refractivity contribution is -0.122. The number of carbonyl (C=O) groups excluding carboxylic acids is 3. The number of benzene rings is 1. The smallest absolute Gasteiger partial charge is 0.227 e. The highest BCUT2D eigenvalue weighted by atomic mass is 16.2. The number of piperidine rings is 1. The number of nitrogens with zero attached hydrogens (tertiary/aromatic N) is 1. The molecule has 5 nitrogen and oxygen atoms in total. The van der Waals surface area contributed by atoms with E-state index in [9.17, 15) is 14.4 Å². The number of likely N-dealkylation sites (N-methyl/N-ethyl adjacent to an activating group) is 1. The van der Waals surface area contributed by atoms with Crippen molar-refractivity contribution in [2.45, 2.75) is 31.6 Å². The molecule has 1 amide bonds. The zero-order valence-corrected chi connectivity index (χ0v) is 12.9. The third-order valence-electron chi connectivity index (χ3n) is 4.09. The normalized spacial score (nSPS) is 16.2. The van der Waals surface area contributed by atoms with E-state index in [-0.39, 0.29) is 11.8 Å². The quantitative estimate of drug-likeness (QED) is 0.812. The van der Waals surface area contributed by atoms with Crippen molar-refractivity contribution in [2.24, 2.45) is 0 Å². The second kappa shape index (κ2) is 7.73.